The number of aromatic amines is 1. The third-order valence-corrected chi connectivity index (χ3v) is 6.28. The van der Waals surface area contributed by atoms with Gasteiger partial charge in [-0.25, -0.2) is 17.8 Å². The first-order chi connectivity index (χ1) is 15.2. The molecule has 2 N–H and O–H groups in total. The van der Waals surface area contributed by atoms with Gasteiger partial charge >= 0.3 is 0 Å². The molecule has 164 valence electrons. The predicted molar refractivity (Wildman–Crippen MR) is 123 cm³/mol. The van der Waals surface area contributed by atoms with E-state index in [0.717, 1.165) is 10.6 Å². The lowest BCUT2D eigenvalue weighted by molar-refractivity contribution is 0.102. The van der Waals surface area contributed by atoms with Crippen molar-refractivity contribution in [3.63, 3.8) is 0 Å². The smallest absolute Gasteiger partial charge is 0.257 e. The van der Waals surface area contributed by atoms with E-state index in [-0.39, 0.29) is 17.1 Å². The van der Waals surface area contributed by atoms with Crippen molar-refractivity contribution in [2.45, 2.75) is 6.42 Å². The first-order valence-corrected chi connectivity index (χ1v) is 11.6. The van der Waals surface area contributed by atoms with Gasteiger partial charge in [0.05, 0.1) is 28.5 Å². The number of anilines is 2. The summed E-state index contributed by atoms with van der Waals surface area (Å²) in [6, 6.07) is 18.2. The van der Waals surface area contributed by atoms with Gasteiger partial charge < -0.3 is 10.3 Å². The van der Waals surface area contributed by atoms with E-state index in [2.05, 4.69) is 15.3 Å². The van der Waals surface area contributed by atoms with Crippen molar-refractivity contribution in [3.05, 3.63) is 89.5 Å². The van der Waals surface area contributed by atoms with E-state index in [1.54, 1.807) is 60.7 Å². The normalized spacial score (nSPS) is 11.5. The van der Waals surface area contributed by atoms with Crippen molar-refractivity contribution in [1.29, 1.82) is 0 Å². The van der Waals surface area contributed by atoms with Crippen LogP contribution in [0.3, 0.4) is 0 Å². The zero-order chi connectivity index (χ0) is 22.9. The molecule has 0 spiro atoms. The van der Waals surface area contributed by atoms with Gasteiger partial charge in [0.1, 0.15) is 11.6 Å². The third-order valence-electron chi connectivity index (χ3n) is 5.09. The topological polar surface area (TPSA) is 95.2 Å². The van der Waals surface area contributed by atoms with Crippen LogP contribution in [-0.2, 0) is 16.4 Å². The van der Waals surface area contributed by atoms with Gasteiger partial charge in [0.25, 0.3) is 5.91 Å². The number of imidazole rings is 1. The number of halogens is 1. The lowest BCUT2D eigenvalue weighted by atomic mass is 10.1. The van der Waals surface area contributed by atoms with Crippen LogP contribution in [0.2, 0.25) is 0 Å². The van der Waals surface area contributed by atoms with Gasteiger partial charge in [0.2, 0.25) is 10.0 Å². The number of fused-ring (bicyclic) bond motifs is 1. The van der Waals surface area contributed by atoms with Gasteiger partial charge in [-0.15, -0.1) is 0 Å². The second kappa shape index (κ2) is 8.43. The first-order valence-electron chi connectivity index (χ1n) is 9.79. The highest BCUT2D eigenvalue weighted by molar-refractivity contribution is 7.92. The van der Waals surface area contributed by atoms with Crippen molar-refractivity contribution >= 4 is 38.3 Å². The van der Waals surface area contributed by atoms with Gasteiger partial charge in [-0.3, -0.25) is 9.10 Å². The quantitative estimate of drug-likeness (QED) is 0.463. The summed E-state index contributed by atoms with van der Waals surface area (Å²) >= 11 is 0. The predicted octanol–water partition coefficient (Wildman–Crippen LogP) is 3.94. The van der Waals surface area contributed by atoms with Crippen molar-refractivity contribution in [3.8, 4) is 0 Å². The number of sulfonamides is 1. The zero-order valence-corrected chi connectivity index (χ0v) is 18.3. The maximum Gasteiger partial charge on any atom is 0.257 e. The Morgan fingerprint density at radius 3 is 2.56 bits per heavy atom. The molecule has 9 heteroatoms. The second-order valence-corrected chi connectivity index (χ2v) is 9.40. The summed E-state index contributed by atoms with van der Waals surface area (Å²) in [5.74, 6) is -0.131. The molecule has 32 heavy (non-hydrogen) atoms. The summed E-state index contributed by atoms with van der Waals surface area (Å²) < 4.78 is 38.8. The van der Waals surface area contributed by atoms with Crippen LogP contribution < -0.4 is 9.62 Å². The molecule has 0 radical (unpaired) electrons. The Hall–Kier alpha value is -3.72. The molecular weight excluding hydrogens is 431 g/mol. The fourth-order valence-corrected chi connectivity index (χ4v) is 3.88. The molecule has 4 rings (SSSR count). The number of para-hydroxylation sites is 1. The van der Waals surface area contributed by atoms with E-state index in [1.165, 1.54) is 13.1 Å². The number of carbonyl (C=O) groups excluding carboxylic acids is 1. The molecule has 3 aromatic carbocycles. The van der Waals surface area contributed by atoms with E-state index >= 15 is 0 Å². The SMILES string of the molecule is CN(c1ccccc1C(=O)Nc1ccc2nc(Cc3ccccc3F)[nH]c2c1)S(C)(=O)=O. The molecule has 0 aliphatic heterocycles. The molecule has 0 aliphatic carbocycles. The van der Waals surface area contributed by atoms with Gasteiger partial charge in [0.15, 0.2) is 0 Å². The van der Waals surface area contributed by atoms with Crippen LogP contribution in [0.5, 0.6) is 0 Å². The summed E-state index contributed by atoms with van der Waals surface area (Å²) in [5, 5.41) is 2.80. The highest BCUT2D eigenvalue weighted by Gasteiger charge is 2.19. The van der Waals surface area contributed by atoms with Gasteiger partial charge in [-0.1, -0.05) is 30.3 Å². The Morgan fingerprint density at radius 2 is 1.81 bits per heavy atom. The van der Waals surface area contributed by atoms with E-state index < -0.39 is 15.9 Å². The molecule has 0 unspecified atom stereocenters. The number of hydrogen-bond acceptors (Lipinski definition) is 4. The number of benzene rings is 3. The highest BCUT2D eigenvalue weighted by Crippen LogP contribution is 2.24. The van der Waals surface area contributed by atoms with Crippen LogP contribution in [0.25, 0.3) is 11.0 Å². The molecule has 0 fully saturated rings. The van der Waals surface area contributed by atoms with Crippen LogP contribution in [0.1, 0.15) is 21.7 Å². The Morgan fingerprint density at radius 1 is 1.09 bits per heavy atom. The van der Waals surface area contributed by atoms with Gasteiger partial charge in [-0.2, -0.15) is 0 Å². The van der Waals surface area contributed by atoms with Crippen LogP contribution in [0.4, 0.5) is 15.8 Å². The third kappa shape index (κ3) is 4.47. The Labute approximate surface area is 185 Å². The molecule has 1 amide bonds. The molecule has 0 saturated carbocycles. The molecule has 0 bridgehead atoms. The molecule has 0 saturated heterocycles. The van der Waals surface area contributed by atoms with E-state index in [0.29, 0.717) is 34.5 Å². The number of hydrogen-bond donors (Lipinski definition) is 2. The number of rotatable bonds is 6. The number of amides is 1. The van der Waals surface area contributed by atoms with Crippen LogP contribution in [0.15, 0.2) is 66.7 Å². The monoisotopic (exact) mass is 452 g/mol. The minimum absolute atomic E-state index is 0.227. The number of nitrogens with zero attached hydrogens (tertiary/aromatic N) is 2. The maximum absolute atomic E-state index is 13.9. The minimum atomic E-state index is -3.53. The van der Waals surface area contributed by atoms with Gasteiger partial charge in [-0.05, 0) is 42.0 Å². The number of carbonyl (C=O) groups is 1. The summed E-state index contributed by atoms with van der Waals surface area (Å²) in [5.41, 5.74) is 2.93. The zero-order valence-electron chi connectivity index (χ0n) is 17.5. The number of aromatic nitrogens is 2. The summed E-state index contributed by atoms with van der Waals surface area (Å²) in [6.45, 7) is 0. The maximum atomic E-state index is 13.9. The van der Waals surface area contributed by atoms with Gasteiger partial charge in [0, 0.05) is 19.2 Å². The summed E-state index contributed by atoms with van der Waals surface area (Å²) in [7, 11) is -2.13. The lowest BCUT2D eigenvalue weighted by Crippen LogP contribution is -2.27. The van der Waals surface area contributed by atoms with Crippen molar-refractivity contribution in [2.75, 3.05) is 22.9 Å². The largest absolute Gasteiger partial charge is 0.342 e. The molecule has 7 nitrogen and oxygen atoms in total. The Bertz CT molecular complexity index is 1420. The van der Waals surface area contributed by atoms with Crippen LogP contribution >= 0.6 is 0 Å². The number of nitrogens with one attached hydrogen (secondary N) is 2. The molecule has 0 atom stereocenters. The van der Waals surface area contributed by atoms with Crippen LogP contribution in [0, 0.1) is 5.82 Å². The highest BCUT2D eigenvalue weighted by atomic mass is 32.2. The molecule has 1 heterocycles. The number of H-pyrrole nitrogens is 1. The lowest BCUT2D eigenvalue weighted by Gasteiger charge is -2.19. The Kier molecular flexibility index (Phi) is 5.67. The molecule has 4 aromatic rings. The average Bonchev–Trinajstić information content (AvgIpc) is 3.16. The van der Waals surface area contributed by atoms with E-state index in [1.807, 2.05) is 0 Å². The standard InChI is InChI=1S/C23H21FN4O3S/c1-28(32(2,30)31)21-10-6-4-8-17(21)23(29)25-16-11-12-19-20(14-16)27-22(26-19)13-15-7-3-5-9-18(15)24/h3-12,14H,13H2,1-2H3,(H,25,29)(H,26,27). The summed E-state index contributed by atoms with van der Waals surface area (Å²) in [6.07, 6.45) is 1.39. The van der Waals surface area contributed by atoms with E-state index in [9.17, 15) is 17.6 Å². The Balaban J connectivity index is 1.58. The minimum Gasteiger partial charge on any atom is -0.342 e. The fourth-order valence-electron chi connectivity index (χ4n) is 3.36. The fraction of sp³-hybridized carbons (Fsp3) is 0.130. The molecule has 0 aliphatic rings. The molecular formula is C23H21FN4O3S. The molecule has 1 aromatic heterocycles. The van der Waals surface area contributed by atoms with Crippen molar-refractivity contribution in [2.24, 2.45) is 0 Å². The van der Waals surface area contributed by atoms with Crippen molar-refractivity contribution in [1.82, 2.24) is 9.97 Å². The summed E-state index contributed by atoms with van der Waals surface area (Å²) in [4.78, 5) is 20.5. The van der Waals surface area contributed by atoms with Crippen LogP contribution in [-0.4, -0.2) is 37.6 Å². The first kappa shape index (κ1) is 21.5. The van der Waals surface area contributed by atoms with E-state index in [4.69, 9.17) is 0 Å². The average molecular weight is 453 g/mol. The van der Waals surface area contributed by atoms with Crippen molar-refractivity contribution < 1.29 is 17.6 Å². The second-order valence-electron chi connectivity index (χ2n) is 7.39.